The molecule has 0 amide bonds. The second-order valence-electron chi connectivity index (χ2n) is 5.03. The highest BCUT2D eigenvalue weighted by Crippen LogP contribution is 2.08. The predicted molar refractivity (Wildman–Crippen MR) is 65.9 cm³/mol. The number of ether oxygens (including phenoxy) is 1. The highest BCUT2D eigenvalue weighted by molar-refractivity contribution is 5.69. The summed E-state index contributed by atoms with van der Waals surface area (Å²) in [5.41, 5.74) is 0.141. The molecule has 0 spiro atoms. The standard InChI is InChI=1S/C13H19NO3/c1-10-6-5-8-14(12(10)16)9-7-11(15)17-13(2,3)4/h5-6,8H,7,9H2,1-4H3. The molecule has 0 saturated carbocycles. The second-order valence-corrected chi connectivity index (χ2v) is 5.03. The third kappa shape index (κ3) is 4.43. The van der Waals surface area contributed by atoms with Crippen molar-refractivity contribution in [1.29, 1.82) is 0 Å². The smallest absolute Gasteiger partial charge is 0.308 e. The molecule has 0 saturated heterocycles. The maximum atomic E-state index is 11.7. The normalized spacial score (nSPS) is 11.3. The molecule has 0 aliphatic heterocycles. The minimum atomic E-state index is -0.478. The van der Waals surface area contributed by atoms with Gasteiger partial charge >= 0.3 is 5.97 Å². The number of nitrogens with zero attached hydrogens (tertiary/aromatic N) is 1. The van der Waals surface area contributed by atoms with Crippen LogP contribution >= 0.6 is 0 Å². The van der Waals surface area contributed by atoms with Gasteiger partial charge in [0.25, 0.3) is 5.56 Å². The van der Waals surface area contributed by atoms with Crippen LogP contribution in [0.25, 0.3) is 0 Å². The van der Waals surface area contributed by atoms with Gasteiger partial charge < -0.3 is 9.30 Å². The highest BCUT2D eigenvalue weighted by Gasteiger charge is 2.16. The number of carbonyl (C=O) groups is 1. The van der Waals surface area contributed by atoms with Gasteiger partial charge in [0.15, 0.2) is 0 Å². The fourth-order valence-corrected chi connectivity index (χ4v) is 1.44. The van der Waals surface area contributed by atoms with E-state index in [1.165, 1.54) is 4.57 Å². The predicted octanol–water partition coefficient (Wildman–Crippen LogP) is 1.89. The largest absolute Gasteiger partial charge is 0.460 e. The number of aromatic nitrogens is 1. The van der Waals surface area contributed by atoms with Gasteiger partial charge in [-0.25, -0.2) is 0 Å². The van der Waals surface area contributed by atoms with Gasteiger partial charge in [-0.3, -0.25) is 9.59 Å². The first-order valence-electron chi connectivity index (χ1n) is 5.67. The van der Waals surface area contributed by atoms with Gasteiger partial charge in [0.2, 0.25) is 0 Å². The minimum absolute atomic E-state index is 0.0592. The van der Waals surface area contributed by atoms with E-state index >= 15 is 0 Å². The monoisotopic (exact) mass is 237 g/mol. The van der Waals surface area contributed by atoms with Crippen molar-refractivity contribution in [3.63, 3.8) is 0 Å². The molecule has 0 aliphatic rings. The van der Waals surface area contributed by atoms with E-state index in [9.17, 15) is 9.59 Å². The first kappa shape index (κ1) is 13.5. The third-order valence-electron chi connectivity index (χ3n) is 2.19. The number of hydrogen-bond acceptors (Lipinski definition) is 3. The zero-order chi connectivity index (χ0) is 13.1. The van der Waals surface area contributed by atoms with E-state index in [4.69, 9.17) is 4.74 Å². The molecular weight excluding hydrogens is 218 g/mol. The van der Waals surface area contributed by atoms with Gasteiger partial charge in [-0.15, -0.1) is 0 Å². The average molecular weight is 237 g/mol. The molecule has 4 nitrogen and oxygen atoms in total. The van der Waals surface area contributed by atoms with Crippen LogP contribution in [-0.2, 0) is 16.1 Å². The SMILES string of the molecule is Cc1cccn(CCC(=O)OC(C)(C)C)c1=O. The zero-order valence-electron chi connectivity index (χ0n) is 10.8. The Morgan fingerprint density at radius 1 is 1.41 bits per heavy atom. The molecule has 0 aliphatic carbocycles. The lowest BCUT2D eigenvalue weighted by molar-refractivity contribution is -0.155. The van der Waals surface area contributed by atoms with E-state index in [1.807, 2.05) is 20.8 Å². The summed E-state index contributed by atoms with van der Waals surface area (Å²) in [5, 5.41) is 0. The van der Waals surface area contributed by atoms with Crippen LogP contribution in [0.5, 0.6) is 0 Å². The van der Waals surface area contributed by atoms with Crippen molar-refractivity contribution in [2.24, 2.45) is 0 Å². The van der Waals surface area contributed by atoms with Crippen molar-refractivity contribution in [2.75, 3.05) is 0 Å². The van der Waals surface area contributed by atoms with Crippen LogP contribution in [0.2, 0.25) is 0 Å². The van der Waals surface area contributed by atoms with Gasteiger partial charge in [0, 0.05) is 18.3 Å². The highest BCUT2D eigenvalue weighted by atomic mass is 16.6. The number of rotatable bonds is 3. The number of aryl methyl sites for hydroxylation is 2. The van der Waals surface area contributed by atoms with Crippen molar-refractivity contribution in [1.82, 2.24) is 4.57 Å². The van der Waals surface area contributed by atoms with E-state index in [0.717, 1.165) is 0 Å². The number of carbonyl (C=O) groups excluding carboxylic acids is 1. The lowest BCUT2D eigenvalue weighted by Gasteiger charge is -2.19. The summed E-state index contributed by atoms with van der Waals surface area (Å²) in [6, 6.07) is 3.55. The molecule has 94 valence electrons. The summed E-state index contributed by atoms with van der Waals surface area (Å²) >= 11 is 0. The molecule has 1 aromatic rings. The topological polar surface area (TPSA) is 48.3 Å². The summed E-state index contributed by atoms with van der Waals surface area (Å²) in [6.45, 7) is 7.58. The number of pyridine rings is 1. The van der Waals surface area contributed by atoms with Crippen LogP contribution in [0.15, 0.2) is 23.1 Å². The summed E-state index contributed by atoms with van der Waals surface area (Å²) in [7, 11) is 0. The summed E-state index contributed by atoms with van der Waals surface area (Å²) in [4.78, 5) is 23.2. The maximum Gasteiger partial charge on any atom is 0.308 e. The van der Waals surface area contributed by atoms with Gasteiger partial charge in [-0.05, 0) is 33.8 Å². The molecule has 4 heteroatoms. The molecule has 0 unspecified atom stereocenters. The molecule has 0 N–H and O–H groups in total. The van der Waals surface area contributed by atoms with E-state index in [0.29, 0.717) is 12.1 Å². The van der Waals surface area contributed by atoms with Gasteiger partial charge in [-0.2, -0.15) is 0 Å². The zero-order valence-corrected chi connectivity index (χ0v) is 10.8. The van der Waals surface area contributed by atoms with Crippen LogP contribution in [0.3, 0.4) is 0 Å². The molecule has 0 aromatic carbocycles. The van der Waals surface area contributed by atoms with Gasteiger partial charge in [0.05, 0.1) is 6.42 Å². The van der Waals surface area contributed by atoms with Crippen LogP contribution < -0.4 is 5.56 Å². The molecule has 1 heterocycles. The first-order valence-corrected chi connectivity index (χ1v) is 5.67. The van der Waals surface area contributed by atoms with Gasteiger partial charge in [-0.1, -0.05) is 6.07 Å². The minimum Gasteiger partial charge on any atom is -0.460 e. The Balaban J connectivity index is 2.60. The summed E-state index contributed by atoms with van der Waals surface area (Å²) in [6.07, 6.45) is 1.89. The van der Waals surface area contributed by atoms with Crippen molar-refractivity contribution in [3.05, 3.63) is 34.2 Å². The van der Waals surface area contributed by atoms with E-state index in [2.05, 4.69) is 0 Å². The summed E-state index contributed by atoms with van der Waals surface area (Å²) < 4.78 is 6.70. The molecule has 0 radical (unpaired) electrons. The van der Waals surface area contributed by atoms with Crippen molar-refractivity contribution < 1.29 is 9.53 Å². The van der Waals surface area contributed by atoms with E-state index < -0.39 is 5.60 Å². The molecule has 0 fully saturated rings. The van der Waals surface area contributed by atoms with Crippen LogP contribution in [0, 0.1) is 6.92 Å². The lowest BCUT2D eigenvalue weighted by atomic mass is 10.2. The average Bonchev–Trinajstić information content (AvgIpc) is 2.18. The summed E-state index contributed by atoms with van der Waals surface area (Å²) in [5.74, 6) is -0.286. The molecule has 0 bridgehead atoms. The molecule has 1 rings (SSSR count). The van der Waals surface area contributed by atoms with Gasteiger partial charge in [0.1, 0.15) is 5.60 Å². The Morgan fingerprint density at radius 3 is 2.65 bits per heavy atom. The Kier molecular flexibility index (Phi) is 4.10. The van der Waals surface area contributed by atoms with Crippen LogP contribution in [-0.4, -0.2) is 16.1 Å². The van der Waals surface area contributed by atoms with Crippen LogP contribution in [0.4, 0.5) is 0 Å². The Bertz CT molecular complexity index is 454. The first-order chi connectivity index (χ1) is 7.79. The maximum absolute atomic E-state index is 11.7. The van der Waals surface area contributed by atoms with Crippen molar-refractivity contribution in [2.45, 2.75) is 46.3 Å². The van der Waals surface area contributed by atoms with Crippen LogP contribution in [0.1, 0.15) is 32.8 Å². The number of hydrogen-bond donors (Lipinski definition) is 0. The molecular formula is C13H19NO3. The lowest BCUT2D eigenvalue weighted by Crippen LogP contribution is -2.27. The fraction of sp³-hybridized carbons (Fsp3) is 0.538. The Morgan fingerprint density at radius 2 is 2.06 bits per heavy atom. The molecule has 17 heavy (non-hydrogen) atoms. The quantitative estimate of drug-likeness (QED) is 0.754. The van der Waals surface area contributed by atoms with Crippen molar-refractivity contribution in [3.8, 4) is 0 Å². The second kappa shape index (κ2) is 5.17. The van der Waals surface area contributed by atoms with Crippen molar-refractivity contribution >= 4 is 5.97 Å². The molecule has 0 atom stereocenters. The Labute approximate surface area is 101 Å². The van der Waals surface area contributed by atoms with E-state index in [-0.39, 0.29) is 17.9 Å². The number of esters is 1. The van der Waals surface area contributed by atoms with E-state index in [1.54, 1.807) is 25.3 Å². The Hall–Kier alpha value is -1.58. The molecule has 1 aromatic heterocycles. The fourth-order valence-electron chi connectivity index (χ4n) is 1.44. The third-order valence-corrected chi connectivity index (χ3v) is 2.19.